The molecule has 1 saturated heterocycles. The fourth-order valence-electron chi connectivity index (χ4n) is 2.28. The zero-order valence-electron chi connectivity index (χ0n) is 11.6. The maximum atomic E-state index is 11.2. The first-order chi connectivity index (χ1) is 8.36. The molecule has 18 heavy (non-hydrogen) atoms. The Hall–Kier alpha value is -1.10. The van der Waals surface area contributed by atoms with Crippen LogP contribution in [0.2, 0.25) is 0 Å². The van der Waals surface area contributed by atoms with Crippen molar-refractivity contribution in [1.29, 1.82) is 0 Å². The number of carbonyl (C=O) groups is 2. The van der Waals surface area contributed by atoms with Crippen LogP contribution in [0.4, 0.5) is 0 Å². The molecule has 1 heterocycles. The predicted molar refractivity (Wildman–Crippen MR) is 64.9 cm³/mol. The summed E-state index contributed by atoms with van der Waals surface area (Å²) in [5.41, 5.74) is 0. The smallest absolute Gasteiger partial charge is 0.303 e. The highest BCUT2D eigenvalue weighted by atomic mass is 16.6. The third-order valence-electron chi connectivity index (χ3n) is 3.01. The van der Waals surface area contributed by atoms with Crippen molar-refractivity contribution in [3.05, 3.63) is 0 Å². The highest BCUT2D eigenvalue weighted by Crippen LogP contribution is 2.32. The Balaban J connectivity index is 2.91. The van der Waals surface area contributed by atoms with Gasteiger partial charge in [0.05, 0.1) is 6.10 Å². The molecule has 0 aromatic heterocycles. The fraction of sp³-hybridized carbons (Fsp3) is 0.846. The molecule has 1 fully saturated rings. The molecule has 0 aromatic rings. The van der Waals surface area contributed by atoms with Gasteiger partial charge in [-0.15, -0.1) is 0 Å². The van der Waals surface area contributed by atoms with Gasteiger partial charge in [0.15, 0.2) is 12.2 Å². The summed E-state index contributed by atoms with van der Waals surface area (Å²) in [6.45, 7) is 8.63. The second-order valence-electron chi connectivity index (χ2n) is 4.94. The monoisotopic (exact) mass is 258 g/mol. The predicted octanol–water partition coefficient (Wildman–Crippen LogP) is 1.68. The second kappa shape index (κ2) is 6.18. The molecule has 0 radical (unpaired) electrons. The Kier molecular flexibility index (Phi) is 5.14. The van der Waals surface area contributed by atoms with Gasteiger partial charge < -0.3 is 14.2 Å². The van der Waals surface area contributed by atoms with Crippen LogP contribution in [0, 0.1) is 5.92 Å². The molecule has 0 bridgehead atoms. The number of hydrogen-bond acceptors (Lipinski definition) is 5. The van der Waals surface area contributed by atoms with Crippen LogP contribution in [-0.4, -0.2) is 36.4 Å². The van der Waals surface area contributed by atoms with Gasteiger partial charge in [0.1, 0.15) is 6.10 Å². The van der Waals surface area contributed by atoms with E-state index in [-0.39, 0.29) is 30.1 Å². The summed E-state index contributed by atoms with van der Waals surface area (Å²) in [7, 11) is 0. The van der Waals surface area contributed by atoms with E-state index >= 15 is 0 Å². The van der Waals surface area contributed by atoms with Gasteiger partial charge in [-0.3, -0.25) is 9.59 Å². The van der Waals surface area contributed by atoms with E-state index in [1.54, 1.807) is 0 Å². The van der Waals surface area contributed by atoms with Crippen LogP contribution in [0.3, 0.4) is 0 Å². The lowest BCUT2D eigenvalue weighted by molar-refractivity contribution is -0.164. The van der Waals surface area contributed by atoms with Crippen LogP contribution in [0.15, 0.2) is 0 Å². The molecular formula is C13H22O5. The summed E-state index contributed by atoms with van der Waals surface area (Å²) >= 11 is 0. The lowest BCUT2D eigenvalue weighted by Gasteiger charge is -2.24. The maximum absolute atomic E-state index is 11.2. The second-order valence-corrected chi connectivity index (χ2v) is 4.94. The zero-order valence-corrected chi connectivity index (χ0v) is 11.6. The first-order valence-electron chi connectivity index (χ1n) is 6.36. The summed E-state index contributed by atoms with van der Waals surface area (Å²) in [6.07, 6.45) is -0.771. The summed E-state index contributed by atoms with van der Waals surface area (Å²) in [5, 5.41) is 0. The Morgan fingerprint density at radius 2 is 1.61 bits per heavy atom. The van der Waals surface area contributed by atoms with Gasteiger partial charge in [-0.2, -0.15) is 0 Å². The minimum absolute atomic E-state index is 0.184. The number of hydrogen-bond donors (Lipinski definition) is 0. The normalized spacial score (nSPS) is 31.4. The Morgan fingerprint density at radius 3 is 2.00 bits per heavy atom. The van der Waals surface area contributed by atoms with E-state index in [0.717, 1.165) is 0 Å². The third kappa shape index (κ3) is 3.45. The summed E-state index contributed by atoms with van der Waals surface area (Å²) < 4.78 is 16.4. The SMILES string of the molecule is CC[C@H]1O[C@H](C(C)C)C(OC(C)=O)[C@H]1OC(C)=O. The number of esters is 2. The number of carbonyl (C=O) groups excluding carboxylic acids is 2. The Bertz CT molecular complexity index is 313. The van der Waals surface area contributed by atoms with Crippen molar-refractivity contribution in [1.82, 2.24) is 0 Å². The molecule has 4 atom stereocenters. The molecule has 1 rings (SSSR count). The minimum Gasteiger partial charge on any atom is -0.456 e. The molecule has 5 nitrogen and oxygen atoms in total. The van der Waals surface area contributed by atoms with E-state index in [1.807, 2.05) is 20.8 Å². The lowest BCUT2D eigenvalue weighted by Crippen LogP contribution is -2.41. The van der Waals surface area contributed by atoms with Gasteiger partial charge in [-0.1, -0.05) is 20.8 Å². The fourth-order valence-corrected chi connectivity index (χ4v) is 2.28. The van der Waals surface area contributed by atoms with E-state index in [4.69, 9.17) is 14.2 Å². The third-order valence-corrected chi connectivity index (χ3v) is 3.01. The van der Waals surface area contributed by atoms with Gasteiger partial charge in [0.2, 0.25) is 0 Å². The van der Waals surface area contributed by atoms with E-state index < -0.39 is 12.2 Å². The zero-order chi connectivity index (χ0) is 13.9. The first-order valence-corrected chi connectivity index (χ1v) is 6.36. The van der Waals surface area contributed by atoms with Gasteiger partial charge in [0, 0.05) is 13.8 Å². The van der Waals surface area contributed by atoms with Crippen molar-refractivity contribution in [2.24, 2.45) is 5.92 Å². The van der Waals surface area contributed by atoms with Crippen molar-refractivity contribution in [2.75, 3.05) is 0 Å². The number of ether oxygens (including phenoxy) is 3. The largest absolute Gasteiger partial charge is 0.456 e. The van der Waals surface area contributed by atoms with Crippen LogP contribution < -0.4 is 0 Å². The first kappa shape index (κ1) is 15.0. The van der Waals surface area contributed by atoms with E-state index in [2.05, 4.69) is 0 Å². The van der Waals surface area contributed by atoms with Crippen LogP contribution in [0.25, 0.3) is 0 Å². The molecule has 104 valence electrons. The topological polar surface area (TPSA) is 61.8 Å². The molecule has 0 N–H and O–H groups in total. The van der Waals surface area contributed by atoms with Crippen LogP contribution in [0.5, 0.6) is 0 Å². The molecule has 1 aliphatic rings. The molecule has 1 aliphatic heterocycles. The number of rotatable bonds is 4. The van der Waals surface area contributed by atoms with Gasteiger partial charge >= 0.3 is 11.9 Å². The standard InChI is InChI=1S/C13H22O5/c1-6-10-12(16-8(4)14)13(17-9(5)15)11(18-10)7(2)3/h7,10-13H,6H2,1-5H3/t10-,11-,12+,13?/m1/s1. The summed E-state index contributed by atoms with van der Waals surface area (Å²) in [4.78, 5) is 22.3. The van der Waals surface area contributed by atoms with Crippen molar-refractivity contribution in [2.45, 2.75) is 65.5 Å². The molecule has 0 aromatic carbocycles. The quantitative estimate of drug-likeness (QED) is 0.718. The van der Waals surface area contributed by atoms with Crippen LogP contribution in [-0.2, 0) is 23.8 Å². The highest BCUT2D eigenvalue weighted by Gasteiger charge is 2.49. The van der Waals surface area contributed by atoms with Gasteiger partial charge in [-0.05, 0) is 12.3 Å². The molecular weight excluding hydrogens is 236 g/mol. The van der Waals surface area contributed by atoms with Crippen molar-refractivity contribution >= 4 is 11.9 Å². The van der Waals surface area contributed by atoms with Crippen molar-refractivity contribution in [3.63, 3.8) is 0 Å². The molecule has 0 amide bonds. The molecule has 1 unspecified atom stereocenters. The van der Waals surface area contributed by atoms with Crippen LogP contribution in [0.1, 0.15) is 41.0 Å². The average molecular weight is 258 g/mol. The average Bonchev–Trinajstić information content (AvgIpc) is 2.56. The minimum atomic E-state index is -0.517. The Labute approximate surface area is 108 Å². The highest BCUT2D eigenvalue weighted by molar-refractivity contribution is 5.67. The summed E-state index contributed by atoms with van der Waals surface area (Å²) in [6, 6.07) is 0. The van der Waals surface area contributed by atoms with E-state index in [1.165, 1.54) is 13.8 Å². The van der Waals surface area contributed by atoms with Crippen molar-refractivity contribution in [3.8, 4) is 0 Å². The molecule has 0 saturated carbocycles. The summed E-state index contributed by atoms with van der Waals surface area (Å²) in [5.74, 6) is -0.587. The van der Waals surface area contributed by atoms with Crippen LogP contribution >= 0.6 is 0 Å². The van der Waals surface area contributed by atoms with Gasteiger partial charge in [-0.25, -0.2) is 0 Å². The van der Waals surface area contributed by atoms with Gasteiger partial charge in [0.25, 0.3) is 0 Å². The maximum Gasteiger partial charge on any atom is 0.303 e. The Morgan fingerprint density at radius 1 is 1.11 bits per heavy atom. The van der Waals surface area contributed by atoms with E-state index in [0.29, 0.717) is 6.42 Å². The van der Waals surface area contributed by atoms with Crippen molar-refractivity contribution < 1.29 is 23.8 Å². The molecule has 0 spiro atoms. The van der Waals surface area contributed by atoms with E-state index in [9.17, 15) is 9.59 Å². The molecule has 5 heteroatoms. The molecule has 0 aliphatic carbocycles. The lowest BCUT2D eigenvalue weighted by atomic mass is 9.98.